The fourth-order valence-electron chi connectivity index (χ4n) is 3.18. The lowest BCUT2D eigenvalue weighted by atomic mass is 9.79. The van der Waals surface area contributed by atoms with E-state index in [1.165, 1.54) is 6.42 Å². The Labute approximate surface area is 86.6 Å². The van der Waals surface area contributed by atoms with Crippen LogP contribution in [0.5, 0.6) is 0 Å². The van der Waals surface area contributed by atoms with Gasteiger partial charge in [0.05, 0.1) is 21.1 Å². The highest BCUT2D eigenvalue weighted by Crippen LogP contribution is 2.48. The van der Waals surface area contributed by atoms with Gasteiger partial charge in [-0.25, -0.2) is 8.42 Å². The average molecular weight is 218 g/mol. The van der Waals surface area contributed by atoms with E-state index in [2.05, 4.69) is 21.1 Å². The Hall–Kier alpha value is -0.0900. The molecule has 2 atom stereocenters. The molecule has 1 saturated heterocycles. The van der Waals surface area contributed by atoms with Gasteiger partial charge in [-0.3, -0.25) is 0 Å². The number of hydrogen-bond acceptors (Lipinski definition) is 2. The second kappa shape index (κ2) is 2.73. The molecule has 0 amide bonds. The molecule has 4 heteroatoms. The molecule has 14 heavy (non-hydrogen) atoms. The van der Waals surface area contributed by atoms with Crippen molar-refractivity contribution in [3.8, 4) is 0 Å². The van der Waals surface area contributed by atoms with Crippen molar-refractivity contribution in [2.24, 2.45) is 0 Å². The minimum Gasteiger partial charge on any atom is -0.324 e. The third kappa shape index (κ3) is 1.16. The van der Waals surface area contributed by atoms with E-state index in [4.69, 9.17) is 0 Å². The average Bonchev–Trinajstić information content (AvgIpc) is 2.00. The minimum absolute atomic E-state index is 0.0388. The smallest absolute Gasteiger partial charge is 0.165 e. The van der Waals surface area contributed by atoms with Gasteiger partial charge in [-0.2, -0.15) is 0 Å². The van der Waals surface area contributed by atoms with Gasteiger partial charge < -0.3 is 4.48 Å². The highest BCUT2D eigenvalue weighted by Gasteiger charge is 2.66. The molecule has 1 aliphatic heterocycles. The molecule has 1 aliphatic carbocycles. The summed E-state index contributed by atoms with van der Waals surface area (Å²) in [5, 5.41) is -0.0521. The number of sulfone groups is 1. The van der Waals surface area contributed by atoms with Crippen molar-refractivity contribution < 1.29 is 12.9 Å². The summed E-state index contributed by atoms with van der Waals surface area (Å²) in [6.45, 7) is 0. The summed E-state index contributed by atoms with van der Waals surface area (Å²) in [5.74, 6) is 0.411. The molecular formula is C10H20NO2S+. The van der Waals surface area contributed by atoms with Crippen LogP contribution in [0.4, 0.5) is 0 Å². The second-order valence-corrected chi connectivity index (χ2v) is 7.84. The lowest BCUT2D eigenvalue weighted by Gasteiger charge is -2.58. The zero-order chi connectivity index (χ0) is 10.6. The van der Waals surface area contributed by atoms with Crippen LogP contribution in [-0.4, -0.2) is 50.6 Å². The first-order valence-corrected chi connectivity index (χ1v) is 7.04. The molecule has 3 nitrogen and oxygen atoms in total. The molecule has 1 saturated carbocycles. The molecule has 0 aromatic carbocycles. The first-order valence-electron chi connectivity index (χ1n) is 5.33. The Morgan fingerprint density at radius 3 is 2.29 bits per heavy atom. The van der Waals surface area contributed by atoms with Gasteiger partial charge in [0.1, 0.15) is 16.5 Å². The Bertz CT molecular complexity index is 342. The Balaban J connectivity index is 2.36. The number of rotatable bonds is 1. The lowest BCUT2D eigenvalue weighted by molar-refractivity contribution is -0.924. The van der Waals surface area contributed by atoms with Crippen molar-refractivity contribution in [3.05, 3.63) is 0 Å². The summed E-state index contributed by atoms with van der Waals surface area (Å²) in [6.07, 6.45) is 4.26. The van der Waals surface area contributed by atoms with Crippen LogP contribution in [0.2, 0.25) is 0 Å². The number of quaternary nitrogens is 1. The topological polar surface area (TPSA) is 34.1 Å². The summed E-state index contributed by atoms with van der Waals surface area (Å²) in [4.78, 5) is 0. The monoisotopic (exact) mass is 218 g/mol. The van der Waals surface area contributed by atoms with E-state index in [1.807, 2.05) is 0 Å². The predicted molar refractivity (Wildman–Crippen MR) is 56.8 cm³/mol. The summed E-state index contributed by atoms with van der Waals surface area (Å²) in [6, 6.07) is 0. The first kappa shape index (κ1) is 10.4. The number of hydrogen-bond donors (Lipinski definition) is 0. The van der Waals surface area contributed by atoms with Gasteiger partial charge in [-0.05, 0) is 12.8 Å². The van der Waals surface area contributed by atoms with Crippen LogP contribution in [0.15, 0.2) is 0 Å². The minimum atomic E-state index is -2.74. The van der Waals surface area contributed by atoms with Gasteiger partial charge in [0.2, 0.25) is 0 Å². The van der Waals surface area contributed by atoms with Gasteiger partial charge in [-0.15, -0.1) is 0 Å². The molecule has 2 aliphatic rings. The molecule has 0 aromatic rings. The van der Waals surface area contributed by atoms with Gasteiger partial charge in [0.25, 0.3) is 0 Å². The Morgan fingerprint density at radius 2 is 1.86 bits per heavy atom. The van der Waals surface area contributed by atoms with Crippen LogP contribution in [-0.2, 0) is 9.84 Å². The second-order valence-electron chi connectivity index (χ2n) is 5.66. The highest BCUT2D eigenvalue weighted by molar-refractivity contribution is 7.93. The number of nitrogens with zero attached hydrogens (tertiary/aromatic N) is 1. The van der Waals surface area contributed by atoms with Gasteiger partial charge in [-0.1, -0.05) is 6.42 Å². The van der Waals surface area contributed by atoms with Crippen LogP contribution in [0.3, 0.4) is 0 Å². The maximum Gasteiger partial charge on any atom is 0.165 e. The third-order valence-corrected chi connectivity index (χ3v) is 6.59. The molecular weight excluding hydrogens is 198 g/mol. The predicted octanol–water partition coefficient (Wildman–Crippen LogP) is 0.802. The molecule has 2 rings (SSSR count). The summed E-state index contributed by atoms with van der Waals surface area (Å²) in [5.41, 5.74) is 0.0388. The zero-order valence-electron chi connectivity index (χ0n) is 9.28. The Kier molecular flexibility index (Phi) is 2.03. The molecule has 0 aromatic heterocycles. The standard InChI is InChI=1S/C10H20NO2S/c1-11(2,3)10-7-5-4-6-9(10)14(12,13)8-10/h9H,4-8H2,1-3H3/q+1/t9-,10-/m1/s1. The van der Waals surface area contributed by atoms with Crippen molar-refractivity contribution in [2.45, 2.75) is 36.5 Å². The molecule has 2 fully saturated rings. The third-order valence-electron chi connectivity index (χ3n) is 4.15. The van der Waals surface area contributed by atoms with Gasteiger partial charge >= 0.3 is 0 Å². The van der Waals surface area contributed by atoms with Crippen molar-refractivity contribution in [1.82, 2.24) is 0 Å². The zero-order valence-corrected chi connectivity index (χ0v) is 10.1. The maximum absolute atomic E-state index is 11.7. The van der Waals surface area contributed by atoms with Crippen molar-refractivity contribution in [2.75, 3.05) is 26.9 Å². The fraction of sp³-hybridized carbons (Fsp3) is 1.00. The molecule has 0 N–H and O–H groups in total. The van der Waals surface area contributed by atoms with E-state index in [1.54, 1.807) is 0 Å². The van der Waals surface area contributed by atoms with Gasteiger partial charge in [0, 0.05) is 6.42 Å². The molecule has 0 spiro atoms. The molecule has 0 bridgehead atoms. The largest absolute Gasteiger partial charge is 0.324 e. The van der Waals surface area contributed by atoms with Crippen LogP contribution >= 0.6 is 0 Å². The fourth-order valence-corrected chi connectivity index (χ4v) is 6.23. The highest BCUT2D eigenvalue weighted by atomic mass is 32.2. The number of fused-ring (bicyclic) bond motifs is 1. The van der Waals surface area contributed by atoms with E-state index in [-0.39, 0.29) is 10.8 Å². The van der Waals surface area contributed by atoms with Crippen LogP contribution in [0.25, 0.3) is 0 Å². The summed E-state index contributed by atoms with van der Waals surface area (Å²) >= 11 is 0. The quantitative estimate of drug-likeness (QED) is 0.610. The SMILES string of the molecule is C[N+](C)(C)[C@@]12CCCC[C@H]1S(=O)(=O)C2. The van der Waals surface area contributed by atoms with Crippen LogP contribution in [0, 0.1) is 0 Å². The maximum atomic E-state index is 11.7. The van der Waals surface area contributed by atoms with Crippen molar-refractivity contribution in [3.63, 3.8) is 0 Å². The molecule has 0 radical (unpaired) electrons. The molecule has 82 valence electrons. The first-order chi connectivity index (χ1) is 6.30. The van der Waals surface area contributed by atoms with E-state index >= 15 is 0 Å². The van der Waals surface area contributed by atoms with Gasteiger partial charge in [0.15, 0.2) is 9.84 Å². The van der Waals surface area contributed by atoms with Crippen LogP contribution < -0.4 is 0 Å². The Morgan fingerprint density at radius 1 is 1.21 bits per heavy atom. The summed E-state index contributed by atoms with van der Waals surface area (Å²) in [7, 11) is 3.66. The normalized spacial score (nSPS) is 41.2. The summed E-state index contributed by atoms with van der Waals surface area (Å²) < 4.78 is 24.2. The van der Waals surface area contributed by atoms with E-state index in [0.717, 1.165) is 23.7 Å². The van der Waals surface area contributed by atoms with E-state index in [9.17, 15) is 8.42 Å². The molecule has 0 unspecified atom stereocenters. The van der Waals surface area contributed by atoms with Crippen molar-refractivity contribution in [1.29, 1.82) is 0 Å². The van der Waals surface area contributed by atoms with E-state index in [0.29, 0.717) is 5.75 Å². The van der Waals surface area contributed by atoms with Crippen molar-refractivity contribution >= 4 is 9.84 Å². The molecule has 1 heterocycles. The lowest BCUT2D eigenvalue weighted by Crippen LogP contribution is -2.76. The van der Waals surface area contributed by atoms with E-state index < -0.39 is 9.84 Å². The van der Waals surface area contributed by atoms with Crippen LogP contribution in [0.1, 0.15) is 25.7 Å².